The van der Waals surface area contributed by atoms with Gasteiger partial charge < -0.3 is 16.6 Å². The molecule has 7 nitrogen and oxygen atoms in total. The molecule has 3 aromatic rings. The van der Waals surface area contributed by atoms with E-state index in [-0.39, 0.29) is 36.1 Å². The van der Waals surface area contributed by atoms with Crippen LogP contribution < -0.4 is 16.4 Å². The van der Waals surface area contributed by atoms with Crippen LogP contribution in [0.15, 0.2) is 48.8 Å². The Labute approximate surface area is 238 Å². The summed E-state index contributed by atoms with van der Waals surface area (Å²) >= 11 is 0. The fraction of sp³-hybridized carbons (Fsp3) is 0.370. The Balaban J connectivity index is 2.10. The van der Waals surface area contributed by atoms with Crippen molar-refractivity contribution in [1.29, 1.82) is 0 Å². The third-order valence-electron chi connectivity index (χ3n) is 7.43. The molecule has 43 heavy (non-hydrogen) atoms. The summed E-state index contributed by atoms with van der Waals surface area (Å²) < 4.78 is 125. The zero-order chi connectivity index (χ0) is 32.1. The van der Waals surface area contributed by atoms with Gasteiger partial charge in [-0.25, -0.2) is 14.8 Å². The van der Waals surface area contributed by atoms with Gasteiger partial charge in [-0.15, -0.1) is 0 Å². The van der Waals surface area contributed by atoms with Crippen LogP contribution in [-0.2, 0) is 25.1 Å². The molecule has 0 spiro atoms. The number of halogens is 9. The fourth-order valence-corrected chi connectivity index (χ4v) is 5.30. The van der Waals surface area contributed by atoms with E-state index in [9.17, 15) is 49.4 Å². The maximum absolute atomic E-state index is 13.9. The lowest BCUT2D eigenvalue weighted by molar-refractivity contribution is -0.143. The molecular formula is C27H24F9N5O2. The third-order valence-corrected chi connectivity index (χ3v) is 7.43. The average Bonchev–Trinajstić information content (AvgIpc) is 2.91. The lowest BCUT2D eigenvalue weighted by Crippen LogP contribution is -2.61. The van der Waals surface area contributed by atoms with Gasteiger partial charge in [-0.3, -0.25) is 4.90 Å². The minimum absolute atomic E-state index is 0.0662. The van der Waals surface area contributed by atoms with Crippen LogP contribution in [0.3, 0.4) is 0 Å². The second-order valence-electron chi connectivity index (χ2n) is 10.1. The van der Waals surface area contributed by atoms with Gasteiger partial charge in [-0.1, -0.05) is 6.92 Å². The third kappa shape index (κ3) is 6.25. The molecule has 1 aliphatic heterocycles. The van der Waals surface area contributed by atoms with E-state index in [2.05, 4.69) is 9.97 Å². The number of hydrogen-bond acceptors (Lipinski definition) is 5. The fourth-order valence-electron chi connectivity index (χ4n) is 5.30. The molecule has 3 atom stereocenters. The average molecular weight is 622 g/mol. The van der Waals surface area contributed by atoms with Crippen molar-refractivity contribution in [3.05, 3.63) is 88.0 Å². The molecule has 2 aromatic carbocycles. The van der Waals surface area contributed by atoms with Crippen molar-refractivity contribution in [2.45, 2.75) is 62.3 Å². The van der Waals surface area contributed by atoms with Crippen molar-refractivity contribution in [1.82, 2.24) is 9.97 Å². The molecule has 1 amide bonds. The Morgan fingerprint density at radius 1 is 0.953 bits per heavy atom. The van der Waals surface area contributed by atoms with Crippen LogP contribution in [0.1, 0.15) is 70.8 Å². The first-order valence-electron chi connectivity index (χ1n) is 12.6. The molecule has 2 heterocycles. The number of benzene rings is 2. The van der Waals surface area contributed by atoms with E-state index in [0.29, 0.717) is 34.7 Å². The monoisotopic (exact) mass is 621 g/mol. The number of hydrogen-bond donors (Lipinski definition) is 3. The predicted octanol–water partition coefficient (Wildman–Crippen LogP) is 6.86. The highest BCUT2D eigenvalue weighted by molar-refractivity contribution is 5.90. The van der Waals surface area contributed by atoms with Crippen LogP contribution >= 0.6 is 0 Å². The lowest BCUT2D eigenvalue weighted by Gasteiger charge is -2.48. The first-order chi connectivity index (χ1) is 19.8. The lowest BCUT2D eigenvalue weighted by atomic mass is 9.71. The summed E-state index contributed by atoms with van der Waals surface area (Å²) in [6, 6.07) is 2.90. The van der Waals surface area contributed by atoms with Crippen molar-refractivity contribution in [3.63, 3.8) is 0 Å². The maximum atomic E-state index is 13.9. The summed E-state index contributed by atoms with van der Waals surface area (Å²) in [7, 11) is 0. The zero-order valence-electron chi connectivity index (χ0n) is 22.1. The molecule has 0 aliphatic carbocycles. The van der Waals surface area contributed by atoms with Crippen LogP contribution in [0.25, 0.3) is 0 Å². The van der Waals surface area contributed by atoms with Gasteiger partial charge >= 0.3 is 24.6 Å². The number of carbonyl (C=O) groups is 1. The van der Waals surface area contributed by atoms with Crippen molar-refractivity contribution in [2.75, 3.05) is 4.90 Å². The maximum Gasteiger partial charge on any atom is 0.416 e. The van der Waals surface area contributed by atoms with E-state index >= 15 is 0 Å². The minimum atomic E-state index is -5.24. The van der Waals surface area contributed by atoms with Gasteiger partial charge in [0.05, 0.1) is 34.0 Å². The molecule has 0 bridgehead atoms. The summed E-state index contributed by atoms with van der Waals surface area (Å²) in [5, 5.41) is 9.99. The number of rotatable bonds is 5. The smallest absolute Gasteiger partial charge is 0.416 e. The van der Waals surface area contributed by atoms with Crippen molar-refractivity contribution < 1.29 is 49.4 Å². The highest BCUT2D eigenvalue weighted by Crippen LogP contribution is 2.52. The minimum Gasteiger partial charge on any atom is -0.465 e. The summed E-state index contributed by atoms with van der Waals surface area (Å²) in [5.41, 5.74) is 4.77. The van der Waals surface area contributed by atoms with Crippen LogP contribution in [0.4, 0.5) is 50.0 Å². The number of amides is 1. The molecule has 0 fully saturated rings. The summed E-state index contributed by atoms with van der Waals surface area (Å²) in [4.78, 5) is 21.2. The Kier molecular flexibility index (Phi) is 8.17. The number of carboxylic acid groups (broad SMARTS) is 1. The van der Waals surface area contributed by atoms with Gasteiger partial charge in [0.2, 0.25) is 0 Å². The zero-order valence-corrected chi connectivity index (χ0v) is 22.1. The van der Waals surface area contributed by atoms with E-state index in [4.69, 9.17) is 11.5 Å². The van der Waals surface area contributed by atoms with Crippen molar-refractivity contribution >= 4 is 11.8 Å². The molecule has 0 radical (unpaired) electrons. The molecule has 4 rings (SSSR count). The Bertz CT molecular complexity index is 1470. The topological polar surface area (TPSA) is 118 Å². The number of nitrogens with zero attached hydrogens (tertiary/aromatic N) is 3. The Morgan fingerprint density at radius 2 is 1.49 bits per heavy atom. The summed E-state index contributed by atoms with van der Waals surface area (Å²) in [5.74, 6) is -3.38. The van der Waals surface area contributed by atoms with Gasteiger partial charge in [-0.05, 0) is 60.4 Å². The molecule has 0 saturated carbocycles. The molecule has 16 heteroatoms. The number of aromatic nitrogens is 2. The predicted molar refractivity (Wildman–Crippen MR) is 135 cm³/mol. The van der Waals surface area contributed by atoms with E-state index in [0.717, 1.165) is 6.07 Å². The largest absolute Gasteiger partial charge is 0.465 e. The normalized spacial score (nSPS) is 20.1. The van der Waals surface area contributed by atoms with Crippen molar-refractivity contribution in [2.24, 2.45) is 11.5 Å². The first kappa shape index (κ1) is 32.0. The molecule has 1 aromatic heterocycles. The van der Waals surface area contributed by atoms with Gasteiger partial charge in [-0.2, -0.15) is 39.5 Å². The van der Waals surface area contributed by atoms with Crippen LogP contribution in [0.2, 0.25) is 0 Å². The van der Waals surface area contributed by atoms with Gasteiger partial charge in [0, 0.05) is 30.4 Å². The Morgan fingerprint density at radius 3 is 1.93 bits per heavy atom. The molecule has 232 valence electrons. The number of nitrogens with two attached hydrogens (primary N) is 2. The van der Waals surface area contributed by atoms with Gasteiger partial charge in [0.15, 0.2) is 0 Å². The second kappa shape index (κ2) is 11.0. The number of fused-ring (bicyclic) bond motifs is 1. The number of anilines is 1. The van der Waals surface area contributed by atoms with E-state index in [1.54, 1.807) is 0 Å². The van der Waals surface area contributed by atoms with E-state index in [1.807, 2.05) is 0 Å². The van der Waals surface area contributed by atoms with Crippen LogP contribution in [0, 0.1) is 0 Å². The van der Waals surface area contributed by atoms with Crippen LogP contribution in [-0.4, -0.2) is 26.8 Å². The second-order valence-corrected chi connectivity index (χ2v) is 10.1. The SMILES string of the molecule is CC[C@]1(N)C[C@@H](C(c2cc(C(F)(F)F)cc(C(F)(F)F)c2)c2ncc(CN)cn2)c2cc(C(F)(F)F)ccc2N1C(=O)O. The molecule has 1 unspecified atom stereocenters. The summed E-state index contributed by atoms with van der Waals surface area (Å²) in [6.45, 7) is 1.42. The summed E-state index contributed by atoms with van der Waals surface area (Å²) in [6.07, 6.45) is -15.3. The van der Waals surface area contributed by atoms with E-state index in [1.165, 1.54) is 19.3 Å². The van der Waals surface area contributed by atoms with Crippen molar-refractivity contribution in [3.8, 4) is 0 Å². The van der Waals surface area contributed by atoms with Gasteiger partial charge in [0.25, 0.3) is 0 Å². The van der Waals surface area contributed by atoms with E-state index < -0.39 is 70.8 Å². The highest BCUT2D eigenvalue weighted by atomic mass is 19.4. The van der Waals surface area contributed by atoms with Gasteiger partial charge in [0.1, 0.15) is 5.82 Å². The molecule has 0 saturated heterocycles. The quantitative estimate of drug-likeness (QED) is 0.268. The molecule has 5 N–H and O–H groups in total. The van der Waals surface area contributed by atoms with Crippen LogP contribution in [0.5, 0.6) is 0 Å². The Hall–Kier alpha value is -3.92. The highest BCUT2D eigenvalue weighted by Gasteiger charge is 2.49. The standard InChI is InChI=1S/C27H24F9N5O2/c1-2-24(38)9-19(18-8-15(25(28,29)30)3-4-20(18)41(24)23(42)43)21(22-39-11-13(10-37)12-40-22)14-5-16(26(31,32)33)7-17(6-14)27(34,35)36/h3-8,11-12,19,21H,2,9-10,37-38H2,1H3,(H,42,43)/t19-,21?,24-/m1/s1. The molecular weight excluding hydrogens is 597 g/mol. The molecule has 1 aliphatic rings. The first-order valence-corrected chi connectivity index (χ1v) is 12.6. The number of alkyl halides is 9.